The molecule has 0 aliphatic heterocycles. The minimum absolute atomic E-state index is 0.0955. The van der Waals surface area contributed by atoms with E-state index < -0.39 is 0 Å². The van der Waals surface area contributed by atoms with E-state index in [0.717, 1.165) is 11.4 Å². The number of H-pyrrole nitrogens is 1. The van der Waals surface area contributed by atoms with Gasteiger partial charge in [-0.3, -0.25) is 9.89 Å². The minimum atomic E-state index is -0.0955. The molecule has 0 fully saturated rings. The molecule has 3 aromatic rings. The number of carbonyl (C=O) groups excluding carboxylic acids is 1. The smallest absolute Gasteiger partial charge is 0.224 e. The van der Waals surface area contributed by atoms with Crippen LogP contribution in [0.2, 0.25) is 0 Å². The van der Waals surface area contributed by atoms with E-state index in [1.54, 1.807) is 18.2 Å². The molecule has 29 heavy (non-hydrogen) atoms. The van der Waals surface area contributed by atoms with E-state index in [1.165, 1.54) is 7.11 Å². The summed E-state index contributed by atoms with van der Waals surface area (Å²) in [5.41, 5.74) is 2.08. The van der Waals surface area contributed by atoms with Crippen molar-refractivity contribution in [2.45, 2.75) is 19.8 Å². The van der Waals surface area contributed by atoms with Gasteiger partial charge in [0.1, 0.15) is 5.82 Å². The quantitative estimate of drug-likeness (QED) is 0.569. The Bertz CT molecular complexity index is 1020. The van der Waals surface area contributed by atoms with E-state index in [1.807, 2.05) is 31.2 Å². The number of hydrogen-bond donors (Lipinski definition) is 2. The maximum atomic E-state index is 12.1. The molecule has 1 aromatic heterocycles. The number of benzene rings is 2. The van der Waals surface area contributed by atoms with Gasteiger partial charge in [0.05, 0.1) is 25.3 Å². The van der Waals surface area contributed by atoms with E-state index in [2.05, 4.69) is 26.6 Å². The molecule has 0 atom stereocenters. The second-order valence-electron chi connectivity index (χ2n) is 6.30. The third-order valence-electron chi connectivity index (χ3n) is 4.12. The van der Waals surface area contributed by atoms with Gasteiger partial charge >= 0.3 is 0 Å². The Hall–Kier alpha value is -3.86. The molecule has 8 nitrogen and oxygen atoms in total. The molecular weight excluding hydrogens is 370 g/mol. The number of amides is 1. The van der Waals surface area contributed by atoms with Crippen LogP contribution in [0.5, 0.6) is 11.5 Å². The Labute approximate surface area is 168 Å². The summed E-state index contributed by atoms with van der Waals surface area (Å²) in [6.07, 6.45) is 0.865. The highest BCUT2D eigenvalue weighted by atomic mass is 16.5. The lowest BCUT2D eigenvalue weighted by molar-refractivity contribution is -0.116. The molecule has 0 spiro atoms. The minimum Gasteiger partial charge on any atom is -0.493 e. The van der Waals surface area contributed by atoms with Crippen LogP contribution in [0.4, 0.5) is 5.69 Å². The number of nitrogens with zero attached hydrogens (tertiary/aromatic N) is 3. The van der Waals surface area contributed by atoms with Gasteiger partial charge in [-0.2, -0.15) is 10.4 Å². The van der Waals surface area contributed by atoms with Crippen LogP contribution < -0.4 is 14.8 Å². The summed E-state index contributed by atoms with van der Waals surface area (Å²) < 4.78 is 10.9. The zero-order chi connectivity index (χ0) is 20.6. The van der Waals surface area contributed by atoms with Gasteiger partial charge in [0.2, 0.25) is 5.91 Å². The van der Waals surface area contributed by atoms with E-state index in [9.17, 15) is 4.79 Å². The van der Waals surface area contributed by atoms with Crippen molar-refractivity contribution in [3.05, 3.63) is 53.9 Å². The standard InChI is InChI=1S/C21H21N5O3/c1-14-23-21(26-25-14)16-6-8-17(9-7-16)24-20(27)4-3-11-29-18-10-5-15(13-22)12-19(18)28-2/h5-10,12H,3-4,11H2,1-2H3,(H,24,27)(H,23,25,26). The number of nitrogens with one attached hydrogen (secondary N) is 2. The lowest BCUT2D eigenvalue weighted by Crippen LogP contribution is -2.12. The predicted molar refractivity (Wildman–Crippen MR) is 108 cm³/mol. The first-order valence-electron chi connectivity index (χ1n) is 9.09. The Morgan fingerprint density at radius 3 is 2.66 bits per heavy atom. The molecule has 0 saturated heterocycles. The zero-order valence-corrected chi connectivity index (χ0v) is 16.2. The average Bonchev–Trinajstić information content (AvgIpc) is 3.18. The van der Waals surface area contributed by atoms with E-state index in [-0.39, 0.29) is 5.91 Å². The van der Waals surface area contributed by atoms with Crippen LogP contribution in [0.3, 0.4) is 0 Å². The highest BCUT2D eigenvalue weighted by molar-refractivity contribution is 5.90. The van der Waals surface area contributed by atoms with Gasteiger partial charge in [-0.05, 0) is 49.7 Å². The Kier molecular flexibility index (Phi) is 6.43. The van der Waals surface area contributed by atoms with Crippen molar-refractivity contribution in [2.24, 2.45) is 0 Å². The van der Waals surface area contributed by atoms with Gasteiger partial charge in [0, 0.05) is 23.7 Å². The fraction of sp³-hybridized carbons (Fsp3) is 0.238. The second kappa shape index (κ2) is 9.37. The molecule has 0 bridgehead atoms. The number of carbonyl (C=O) groups is 1. The van der Waals surface area contributed by atoms with Crippen molar-refractivity contribution in [2.75, 3.05) is 19.0 Å². The number of anilines is 1. The lowest BCUT2D eigenvalue weighted by atomic mass is 10.2. The summed E-state index contributed by atoms with van der Waals surface area (Å²) in [6, 6.07) is 14.4. The summed E-state index contributed by atoms with van der Waals surface area (Å²) in [7, 11) is 1.52. The lowest BCUT2D eigenvalue weighted by Gasteiger charge is -2.11. The molecule has 3 rings (SSSR count). The molecule has 2 N–H and O–H groups in total. The van der Waals surface area contributed by atoms with Gasteiger partial charge in [0.25, 0.3) is 0 Å². The Morgan fingerprint density at radius 2 is 2.00 bits per heavy atom. The monoisotopic (exact) mass is 391 g/mol. The molecule has 1 heterocycles. The third kappa shape index (κ3) is 5.32. The van der Waals surface area contributed by atoms with Crippen LogP contribution in [0.25, 0.3) is 11.4 Å². The maximum Gasteiger partial charge on any atom is 0.224 e. The highest BCUT2D eigenvalue weighted by Gasteiger charge is 2.08. The zero-order valence-electron chi connectivity index (χ0n) is 16.2. The van der Waals surface area contributed by atoms with Crippen molar-refractivity contribution in [1.29, 1.82) is 5.26 Å². The molecule has 0 aliphatic rings. The Morgan fingerprint density at radius 1 is 1.21 bits per heavy atom. The first-order chi connectivity index (χ1) is 14.1. The van der Waals surface area contributed by atoms with Crippen LogP contribution in [-0.2, 0) is 4.79 Å². The summed E-state index contributed by atoms with van der Waals surface area (Å²) in [5.74, 6) is 2.32. The van der Waals surface area contributed by atoms with Crippen LogP contribution in [-0.4, -0.2) is 34.8 Å². The maximum absolute atomic E-state index is 12.1. The summed E-state index contributed by atoms with van der Waals surface area (Å²) >= 11 is 0. The van der Waals surface area contributed by atoms with Gasteiger partial charge in [-0.1, -0.05) is 0 Å². The van der Waals surface area contributed by atoms with Gasteiger partial charge in [-0.15, -0.1) is 0 Å². The van der Waals surface area contributed by atoms with Crippen molar-refractivity contribution in [3.63, 3.8) is 0 Å². The molecule has 2 aromatic carbocycles. The molecule has 0 aliphatic carbocycles. The van der Waals surface area contributed by atoms with Gasteiger partial charge in [-0.25, -0.2) is 4.98 Å². The fourth-order valence-corrected chi connectivity index (χ4v) is 2.67. The van der Waals surface area contributed by atoms with Crippen LogP contribution in [0.1, 0.15) is 24.2 Å². The molecule has 0 unspecified atom stereocenters. The first-order valence-corrected chi connectivity index (χ1v) is 9.09. The fourth-order valence-electron chi connectivity index (χ4n) is 2.67. The molecule has 148 valence electrons. The molecule has 8 heteroatoms. The predicted octanol–water partition coefficient (Wildman–Crippen LogP) is 3.46. The number of methoxy groups -OCH3 is 1. The number of nitriles is 1. The number of ether oxygens (including phenoxy) is 2. The number of aryl methyl sites for hydroxylation is 1. The van der Waals surface area contributed by atoms with Crippen LogP contribution in [0.15, 0.2) is 42.5 Å². The average molecular weight is 391 g/mol. The largest absolute Gasteiger partial charge is 0.493 e. The summed E-state index contributed by atoms with van der Waals surface area (Å²) in [5, 5.41) is 18.7. The van der Waals surface area contributed by atoms with Crippen molar-refractivity contribution in [3.8, 4) is 29.0 Å². The molecule has 0 saturated carbocycles. The third-order valence-corrected chi connectivity index (χ3v) is 4.12. The first kappa shape index (κ1) is 19.9. The van der Waals surface area contributed by atoms with Gasteiger partial charge < -0.3 is 14.8 Å². The summed E-state index contributed by atoms with van der Waals surface area (Å²) in [4.78, 5) is 16.4. The number of rotatable bonds is 8. The van der Waals surface area contributed by atoms with E-state index >= 15 is 0 Å². The SMILES string of the molecule is COc1cc(C#N)ccc1OCCCC(=O)Nc1ccc(-c2n[nH]c(C)n2)cc1. The topological polar surface area (TPSA) is 113 Å². The molecule has 0 radical (unpaired) electrons. The molecule has 1 amide bonds. The van der Waals surface area contributed by atoms with Crippen molar-refractivity contribution < 1.29 is 14.3 Å². The normalized spacial score (nSPS) is 10.2. The second-order valence-corrected chi connectivity index (χ2v) is 6.30. The molecular formula is C21H21N5O3. The number of hydrogen-bond acceptors (Lipinski definition) is 6. The van der Waals surface area contributed by atoms with E-state index in [0.29, 0.717) is 48.0 Å². The van der Waals surface area contributed by atoms with Crippen molar-refractivity contribution in [1.82, 2.24) is 15.2 Å². The highest BCUT2D eigenvalue weighted by Crippen LogP contribution is 2.28. The van der Waals surface area contributed by atoms with Gasteiger partial charge in [0.15, 0.2) is 17.3 Å². The van der Waals surface area contributed by atoms with Crippen LogP contribution in [0, 0.1) is 18.3 Å². The van der Waals surface area contributed by atoms with Crippen molar-refractivity contribution >= 4 is 11.6 Å². The van der Waals surface area contributed by atoms with Crippen LogP contribution >= 0.6 is 0 Å². The summed E-state index contributed by atoms with van der Waals surface area (Å²) in [6.45, 7) is 2.20. The van der Waals surface area contributed by atoms with E-state index in [4.69, 9.17) is 14.7 Å². The number of aromatic amines is 1. The number of aromatic nitrogens is 3. The Balaban J connectivity index is 1.45.